The number of carbonyl (C=O) groups excluding carboxylic acids is 1. The highest BCUT2D eigenvalue weighted by Gasteiger charge is 2.15. The summed E-state index contributed by atoms with van der Waals surface area (Å²) in [5, 5.41) is 3.88. The minimum Gasteiger partial charge on any atom is -0.497 e. The molecule has 0 saturated heterocycles. The Morgan fingerprint density at radius 2 is 2.00 bits per heavy atom. The fourth-order valence-corrected chi connectivity index (χ4v) is 2.57. The van der Waals surface area contributed by atoms with Gasteiger partial charge in [-0.15, -0.1) is 0 Å². The van der Waals surface area contributed by atoms with Crippen molar-refractivity contribution in [3.8, 4) is 17.1 Å². The first-order chi connectivity index (χ1) is 12.1. The van der Waals surface area contributed by atoms with E-state index < -0.39 is 5.97 Å². The SMILES string of the molecule is COc1ccc(-c2noc(COC(=O)c3cc(I)ccc3N)n2)cc1. The Hall–Kier alpha value is -2.62. The molecular weight excluding hydrogens is 437 g/mol. The molecule has 0 saturated carbocycles. The lowest BCUT2D eigenvalue weighted by molar-refractivity contribution is 0.0431. The lowest BCUT2D eigenvalue weighted by Gasteiger charge is -2.05. The number of nitrogen functional groups attached to an aromatic ring is 1. The maximum Gasteiger partial charge on any atom is 0.340 e. The fourth-order valence-electron chi connectivity index (χ4n) is 2.08. The normalized spacial score (nSPS) is 10.5. The number of ether oxygens (including phenoxy) is 2. The van der Waals surface area contributed by atoms with Crippen LogP contribution in [0, 0.1) is 3.57 Å². The molecule has 1 aromatic heterocycles. The summed E-state index contributed by atoms with van der Waals surface area (Å²) in [6.45, 7) is -0.132. The van der Waals surface area contributed by atoms with Crippen molar-refractivity contribution in [1.29, 1.82) is 0 Å². The van der Waals surface area contributed by atoms with Gasteiger partial charge in [0, 0.05) is 14.8 Å². The van der Waals surface area contributed by atoms with E-state index in [2.05, 4.69) is 32.7 Å². The van der Waals surface area contributed by atoms with Crippen LogP contribution in [0.5, 0.6) is 5.75 Å². The molecule has 0 aliphatic carbocycles. The summed E-state index contributed by atoms with van der Waals surface area (Å²) in [5.41, 5.74) is 7.23. The molecule has 7 nitrogen and oxygen atoms in total. The van der Waals surface area contributed by atoms with Gasteiger partial charge in [-0.1, -0.05) is 5.16 Å². The van der Waals surface area contributed by atoms with Crippen molar-refractivity contribution in [2.45, 2.75) is 6.61 Å². The predicted octanol–water partition coefficient (Wildman–Crippen LogP) is 3.29. The highest BCUT2D eigenvalue weighted by molar-refractivity contribution is 14.1. The largest absolute Gasteiger partial charge is 0.497 e. The summed E-state index contributed by atoms with van der Waals surface area (Å²) in [6.07, 6.45) is 0. The van der Waals surface area contributed by atoms with Crippen molar-refractivity contribution < 1.29 is 18.8 Å². The maximum atomic E-state index is 12.1. The quantitative estimate of drug-likeness (QED) is 0.361. The van der Waals surface area contributed by atoms with Crippen molar-refractivity contribution in [1.82, 2.24) is 10.1 Å². The van der Waals surface area contributed by atoms with Crippen LogP contribution >= 0.6 is 22.6 Å². The molecule has 0 aliphatic rings. The predicted molar refractivity (Wildman–Crippen MR) is 99.0 cm³/mol. The molecule has 128 valence electrons. The first kappa shape index (κ1) is 17.2. The number of anilines is 1. The molecule has 3 rings (SSSR count). The van der Waals surface area contributed by atoms with Gasteiger partial charge in [-0.3, -0.25) is 0 Å². The van der Waals surface area contributed by atoms with Gasteiger partial charge < -0.3 is 19.7 Å². The van der Waals surface area contributed by atoms with Crippen molar-refractivity contribution in [3.63, 3.8) is 0 Å². The number of hydrogen-bond acceptors (Lipinski definition) is 7. The highest BCUT2D eigenvalue weighted by atomic mass is 127. The number of benzene rings is 2. The van der Waals surface area contributed by atoms with Crippen molar-refractivity contribution in [2.24, 2.45) is 0 Å². The van der Waals surface area contributed by atoms with E-state index in [1.807, 2.05) is 18.2 Å². The average Bonchev–Trinajstić information content (AvgIpc) is 3.11. The van der Waals surface area contributed by atoms with E-state index >= 15 is 0 Å². The van der Waals surface area contributed by atoms with Gasteiger partial charge in [0.1, 0.15) is 5.75 Å². The number of methoxy groups -OCH3 is 1. The van der Waals surface area contributed by atoms with E-state index in [-0.39, 0.29) is 12.5 Å². The lowest BCUT2D eigenvalue weighted by atomic mass is 10.2. The Labute approximate surface area is 157 Å². The highest BCUT2D eigenvalue weighted by Crippen LogP contribution is 2.21. The van der Waals surface area contributed by atoms with E-state index in [1.165, 1.54) is 0 Å². The minimum absolute atomic E-state index is 0.132. The lowest BCUT2D eigenvalue weighted by Crippen LogP contribution is -2.08. The Morgan fingerprint density at radius 3 is 2.72 bits per heavy atom. The van der Waals surface area contributed by atoms with E-state index in [4.69, 9.17) is 19.7 Å². The number of esters is 1. The summed E-state index contributed by atoms with van der Waals surface area (Å²) in [7, 11) is 1.59. The second kappa shape index (κ2) is 7.51. The number of aromatic nitrogens is 2. The van der Waals surface area contributed by atoms with Crippen LogP contribution in [0.1, 0.15) is 16.2 Å². The molecule has 3 aromatic rings. The number of nitrogens with zero attached hydrogens (tertiary/aromatic N) is 2. The molecule has 2 N–H and O–H groups in total. The third kappa shape index (κ3) is 4.08. The molecule has 0 bridgehead atoms. The summed E-state index contributed by atoms with van der Waals surface area (Å²) in [5.74, 6) is 0.794. The van der Waals surface area contributed by atoms with Gasteiger partial charge in [0.05, 0.1) is 12.7 Å². The molecule has 0 spiro atoms. The Bertz CT molecular complexity index is 893. The molecule has 2 aromatic carbocycles. The topological polar surface area (TPSA) is 100 Å². The van der Waals surface area contributed by atoms with Crippen molar-refractivity contribution >= 4 is 34.2 Å². The zero-order valence-electron chi connectivity index (χ0n) is 13.2. The summed E-state index contributed by atoms with van der Waals surface area (Å²) in [6, 6.07) is 12.3. The van der Waals surface area contributed by atoms with Crippen molar-refractivity contribution in [3.05, 3.63) is 57.5 Å². The van der Waals surface area contributed by atoms with Crippen LogP contribution < -0.4 is 10.5 Å². The number of rotatable bonds is 5. The monoisotopic (exact) mass is 451 g/mol. The maximum absolute atomic E-state index is 12.1. The van der Waals surface area contributed by atoms with Crippen LogP contribution in [-0.2, 0) is 11.3 Å². The van der Waals surface area contributed by atoms with Crippen LogP contribution in [0.25, 0.3) is 11.4 Å². The fraction of sp³-hybridized carbons (Fsp3) is 0.118. The second-order valence-corrected chi connectivity index (χ2v) is 6.29. The van der Waals surface area contributed by atoms with Gasteiger partial charge >= 0.3 is 5.97 Å². The number of hydrogen-bond donors (Lipinski definition) is 1. The van der Waals surface area contributed by atoms with Gasteiger partial charge in [0.25, 0.3) is 5.89 Å². The first-order valence-corrected chi connectivity index (χ1v) is 8.34. The van der Waals surface area contributed by atoms with Crippen LogP contribution in [0.3, 0.4) is 0 Å². The number of nitrogens with two attached hydrogens (primary N) is 1. The molecule has 0 atom stereocenters. The molecule has 1 heterocycles. The van der Waals surface area contributed by atoms with Gasteiger partial charge in [-0.2, -0.15) is 4.98 Å². The molecule has 8 heteroatoms. The van der Waals surface area contributed by atoms with Crippen molar-refractivity contribution in [2.75, 3.05) is 12.8 Å². The average molecular weight is 451 g/mol. The van der Waals surface area contributed by atoms with Crippen LogP contribution in [0.15, 0.2) is 47.0 Å². The third-order valence-electron chi connectivity index (χ3n) is 3.38. The molecule has 0 aliphatic heterocycles. The minimum atomic E-state index is -0.541. The van der Waals surface area contributed by atoms with Crippen LogP contribution in [0.4, 0.5) is 5.69 Å². The Balaban J connectivity index is 1.67. The molecule has 0 amide bonds. The van der Waals surface area contributed by atoms with Crippen LogP contribution in [0.2, 0.25) is 0 Å². The van der Waals surface area contributed by atoms with E-state index in [0.717, 1.165) is 14.9 Å². The standard InChI is InChI=1S/C17H14IN3O4/c1-23-12-5-2-10(3-6-12)16-20-15(25-21-16)9-24-17(22)13-8-11(18)4-7-14(13)19/h2-8H,9,19H2,1H3. The molecule has 0 radical (unpaired) electrons. The Kier molecular flexibility index (Phi) is 5.17. The summed E-state index contributed by atoms with van der Waals surface area (Å²) < 4.78 is 16.3. The first-order valence-electron chi connectivity index (χ1n) is 7.26. The van der Waals surface area contributed by atoms with E-state index in [0.29, 0.717) is 17.1 Å². The zero-order chi connectivity index (χ0) is 17.8. The second-order valence-electron chi connectivity index (χ2n) is 5.05. The summed E-state index contributed by atoms with van der Waals surface area (Å²) in [4.78, 5) is 16.3. The molecule has 0 fully saturated rings. The molecule has 0 unspecified atom stereocenters. The smallest absolute Gasteiger partial charge is 0.340 e. The van der Waals surface area contributed by atoms with Gasteiger partial charge in [-0.25, -0.2) is 4.79 Å². The molecular formula is C17H14IN3O4. The number of carbonyl (C=O) groups is 1. The van der Waals surface area contributed by atoms with Gasteiger partial charge in [0.2, 0.25) is 5.82 Å². The van der Waals surface area contributed by atoms with Crippen LogP contribution in [-0.4, -0.2) is 23.2 Å². The van der Waals surface area contributed by atoms with E-state index in [9.17, 15) is 4.79 Å². The zero-order valence-corrected chi connectivity index (χ0v) is 15.4. The third-order valence-corrected chi connectivity index (χ3v) is 4.05. The van der Waals surface area contributed by atoms with E-state index in [1.54, 1.807) is 31.4 Å². The van der Waals surface area contributed by atoms with Gasteiger partial charge in [-0.05, 0) is 65.1 Å². The summed E-state index contributed by atoms with van der Waals surface area (Å²) >= 11 is 2.10. The van der Waals surface area contributed by atoms with Gasteiger partial charge in [0.15, 0.2) is 6.61 Å². The molecule has 25 heavy (non-hydrogen) atoms. The number of halogens is 1. The Morgan fingerprint density at radius 1 is 1.24 bits per heavy atom.